The highest BCUT2D eigenvalue weighted by Crippen LogP contribution is 2.33. The monoisotopic (exact) mass is 246 g/mol. The summed E-state index contributed by atoms with van der Waals surface area (Å²) in [6.45, 7) is 0. The summed E-state index contributed by atoms with van der Waals surface area (Å²) in [5.74, 6) is -0.349. The van der Waals surface area contributed by atoms with Gasteiger partial charge < -0.3 is 9.84 Å². The summed E-state index contributed by atoms with van der Waals surface area (Å²) in [5.41, 5.74) is 0.887. The van der Waals surface area contributed by atoms with Crippen LogP contribution in [0.15, 0.2) is 42.5 Å². The molecule has 0 unspecified atom stereocenters. The lowest BCUT2D eigenvalue weighted by atomic mass is 9.81. The minimum Gasteiger partial charge on any atom is -0.469 e. The molecule has 1 aliphatic carbocycles. The van der Waals surface area contributed by atoms with Gasteiger partial charge in [-0.15, -0.1) is 0 Å². The number of rotatable bonds is 3. The number of carbonyl (C=O) groups is 1. The molecular formula is C15H18O3. The quantitative estimate of drug-likeness (QED) is 0.658. The van der Waals surface area contributed by atoms with E-state index in [1.165, 1.54) is 7.11 Å². The number of aliphatic hydroxyl groups excluding tert-OH is 1. The Bertz CT molecular complexity index is 425. The van der Waals surface area contributed by atoms with Crippen molar-refractivity contribution in [2.45, 2.75) is 18.9 Å². The Morgan fingerprint density at radius 3 is 2.78 bits per heavy atom. The van der Waals surface area contributed by atoms with Crippen LogP contribution in [0.3, 0.4) is 0 Å². The average Bonchev–Trinajstić information content (AvgIpc) is 2.46. The molecule has 1 N–H and O–H groups in total. The standard InChI is InChI=1S/C15H18O3/c1-18-15(17)13-9-5-8-12(10-13)14(16)11-6-3-2-4-7-11/h2-8,12-14,16H,9-10H2,1H3/t12-,13-,14+/m0/s1. The largest absolute Gasteiger partial charge is 0.469 e. The maximum Gasteiger partial charge on any atom is 0.308 e. The fourth-order valence-corrected chi connectivity index (χ4v) is 2.41. The summed E-state index contributed by atoms with van der Waals surface area (Å²) in [6.07, 6.45) is 4.73. The second-order valence-corrected chi connectivity index (χ2v) is 4.64. The summed E-state index contributed by atoms with van der Waals surface area (Å²) >= 11 is 0. The highest BCUT2D eigenvalue weighted by molar-refractivity contribution is 5.72. The van der Waals surface area contributed by atoms with Crippen LogP contribution in [0.4, 0.5) is 0 Å². The van der Waals surface area contributed by atoms with Gasteiger partial charge in [0.2, 0.25) is 0 Å². The number of benzene rings is 1. The van der Waals surface area contributed by atoms with E-state index in [0.717, 1.165) is 5.56 Å². The van der Waals surface area contributed by atoms with Gasteiger partial charge in [0, 0.05) is 5.92 Å². The Hall–Kier alpha value is -1.61. The van der Waals surface area contributed by atoms with Crippen LogP contribution in [0.1, 0.15) is 24.5 Å². The van der Waals surface area contributed by atoms with E-state index in [-0.39, 0.29) is 17.8 Å². The van der Waals surface area contributed by atoms with Crippen LogP contribution >= 0.6 is 0 Å². The average molecular weight is 246 g/mol. The van der Waals surface area contributed by atoms with E-state index in [0.29, 0.717) is 12.8 Å². The van der Waals surface area contributed by atoms with E-state index in [2.05, 4.69) is 0 Å². The van der Waals surface area contributed by atoms with Gasteiger partial charge in [-0.05, 0) is 18.4 Å². The molecule has 1 aromatic carbocycles. The van der Waals surface area contributed by atoms with Crippen molar-refractivity contribution in [2.24, 2.45) is 11.8 Å². The number of carbonyl (C=O) groups excluding carboxylic acids is 1. The van der Waals surface area contributed by atoms with Crippen molar-refractivity contribution in [3.05, 3.63) is 48.0 Å². The number of ether oxygens (including phenoxy) is 1. The van der Waals surface area contributed by atoms with Crippen molar-refractivity contribution < 1.29 is 14.6 Å². The van der Waals surface area contributed by atoms with Crippen LogP contribution in [0, 0.1) is 11.8 Å². The second kappa shape index (κ2) is 5.83. The smallest absolute Gasteiger partial charge is 0.308 e. The van der Waals surface area contributed by atoms with Gasteiger partial charge in [0.05, 0.1) is 19.1 Å². The number of aliphatic hydroxyl groups is 1. The van der Waals surface area contributed by atoms with E-state index < -0.39 is 6.10 Å². The van der Waals surface area contributed by atoms with Gasteiger partial charge in [-0.2, -0.15) is 0 Å². The normalized spacial score (nSPS) is 24.6. The first-order valence-corrected chi connectivity index (χ1v) is 6.20. The molecule has 1 aromatic rings. The Morgan fingerprint density at radius 1 is 1.39 bits per heavy atom. The number of esters is 1. The van der Waals surface area contributed by atoms with E-state index >= 15 is 0 Å². The fraction of sp³-hybridized carbons (Fsp3) is 0.400. The van der Waals surface area contributed by atoms with Crippen LogP contribution in [-0.2, 0) is 9.53 Å². The van der Waals surface area contributed by atoms with Gasteiger partial charge in [-0.25, -0.2) is 0 Å². The van der Waals surface area contributed by atoms with Gasteiger partial charge in [0.25, 0.3) is 0 Å². The molecule has 0 spiro atoms. The van der Waals surface area contributed by atoms with Crippen molar-refractivity contribution in [3.8, 4) is 0 Å². The Kier molecular flexibility index (Phi) is 4.15. The third-order valence-electron chi connectivity index (χ3n) is 3.44. The lowest BCUT2D eigenvalue weighted by molar-refractivity contribution is -0.146. The van der Waals surface area contributed by atoms with E-state index in [1.54, 1.807) is 0 Å². The molecule has 0 saturated carbocycles. The number of hydrogen-bond donors (Lipinski definition) is 1. The zero-order valence-corrected chi connectivity index (χ0v) is 10.5. The van der Waals surface area contributed by atoms with Crippen molar-refractivity contribution >= 4 is 5.97 Å². The molecule has 96 valence electrons. The van der Waals surface area contributed by atoms with Crippen LogP contribution < -0.4 is 0 Å². The molecule has 18 heavy (non-hydrogen) atoms. The third-order valence-corrected chi connectivity index (χ3v) is 3.44. The minimum absolute atomic E-state index is 0.0229. The van der Waals surface area contributed by atoms with Crippen molar-refractivity contribution in [3.63, 3.8) is 0 Å². The molecule has 0 saturated heterocycles. The summed E-state index contributed by atoms with van der Waals surface area (Å²) in [7, 11) is 1.41. The third kappa shape index (κ3) is 2.79. The summed E-state index contributed by atoms with van der Waals surface area (Å²) in [4.78, 5) is 11.5. The molecule has 0 aromatic heterocycles. The predicted octanol–water partition coefficient (Wildman–Crippen LogP) is 2.48. The highest BCUT2D eigenvalue weighted by Gasteiger charge is 2.29. The van der Waals surface area contributed by atoms with Crippen molar-refractivity contribution in [1.82, 2.24) is 0 Å². The zero-order valence-electron chi connectivity index (χ0n) is 10.5. The summed E-state index contributed by atoms with van der Waals surface area (Å²) in [6, 6.07) is 9.54. The van der Waals surface area contributed by atoms with E-state index in [9.17, 15) is 9.90 Å². The van der Waals surface area contributed by atoms with Gasteiger partial charge >= 0.3 is 5.97 Å². The molecule has 0 heterocycles. The van der Waals surface area contributed by atoms with Gasteiger partial charge in [0.1, 0.15) is 0 Å². The first-order chi connectivity index (χ1) is 8.72. The Labute approximate surface area is 107 Å². The van der Waals surface area contributed by atoms with Gasteiger partial charge in [-0.3, -0.25) is 4.79 Å². The predicted molar refractivity (Wildman–Crippen MR) is 68.8 cm³/mol. The van der Waals surface area contributed by atoms with Crippen LogP contribution in [0.5, 0.6) is 0 Å². The molecule has 3 atom stereocenters. The lowest BCUT2D eigenvalue weighted by Gasteiger charge is -2.27. The molecule has 1 aliphatic rings. The van der Waals surface area contributed by atoms with Crippen molar-refractivity contribution in [2.75, 3.05) is 7.11 Å². The summed E-state index contributed by atoms with van der Waals surface area (Å²) < 4.78 is 4.77. The highest BCUT2D eigenvalue weighted by atomic mass is 16.5. The molecule has 0 amide bonds. The van der Waals surface area contributed by atoms with Gasteiger partial charge in [-0.1, -0.05) is 42.5 Å². The molecular weight excluding hydrogens is 228 g/mol. The SMILES string of the molecule is COC(=O)[C@H]1CC=C[C@H]([C@H](O)c2ccccc2)C1. The van der Waals surface area contributed by atoms with Crippen molar-refractivity contribution in [1.29, 1.82) is 0 Å². The molecule has 0 bridgehead atoms. The maximum atomic E-state index is 11.5. The fourth-order valence-electron chi connectivity index (χ4n) is 2.41. The first kappa shape index (κ1) is 12.8. The number of methoxy groups -OCH3 is 1. The molecule has 3 heteroatoms. The van der Waals surface area contributed by atoms with Crippen LogP contribution in [0.2, 0.25) is 0 Å². The van der Waals surface area contributed by atoms with Gasteiger partial charge in [0.15, 0.2) is 0 Å². The maximum absolute atomic E-state index is 11.5. The topological polar surface area (TPSA) is 46.5 Å². The Balaban J connectivity index is 2.08. The molecule has 0 fully saturated rings. The molecule has 2 rings (SSSR count). The Morgan fingerprint density at radius 2 is 2.11 bits per heavy atom. The minimum atomic E-state index is -0.560. The summed E-state index contributed by atoms with van der Waals surface area (Å²) in [5, 5.41) is 10.3. The molecule has 3 nitrogen and oxygen atoms in total. The lowest BCUT2D eigenvalue weighted by Crippen LogP contribution is -2.24. The molecule has 0 radical (unpaired) electrons. The second-order valence-electron chi connectivity index (χ2n) is 4.64. The zero-order chi connectivity index (χ0) is 13.0. The van der Waals surface area contributed by atoms with Crippen LogP contribution in [0.25, 0.3) is 0 Å². The number of hydrogen-bond acceptors (Lipinski definition) is 3. The molecule has 0 aliphatic heterocycles. The van der Waals surface area contributed by atoms with Crippen LogP contribution in [-0.4, -0.2) is 18.2 Å². The van der Waals surface area contributed by atoms with E-state index in [1.807, 2.05) is 42.5 Å². The van der Waals surface area contributed by atoms with E-state index in [4.69, 9.17) is 4.74 Å². The number of allylic oxidation sites excluding steroid dienone is 1. The first-order valence-electron chi connectivity index (χ1n) is 6.20.